The van der Waals surface area contributed by atoms with E-state index in [9.17, 15) is 4.79 Å². The van der Waals surface area contributed by atoms with Crippen molar-refractivity contribution in [3.8, 4) is 22.6 Å². The lowest BCUT2D eigenvalue weighted by molar-refractivity contribution is 0.0600. The van der Waals surface area contributed by atoms with Gasteiger partial charge in [-0.05, 0) is 74.6 Å². The van der Waals surface area contributed by atoms with Crippen LogP contribution in [0, 0.1) is 5.41 Å². The van der Waals surface area contributed by atoms with Crippen molar-refractivity contribution in [1.29, 1.82) is 0 Å². The number of hydrogen-bond donors (Lipinski definition) is 1. The molecule has 1 N–H and O–H groups in total. The van der Waals surface area contributed by atoms with Gasteiger partial charge in [-0.2, -0.15) is 4.98 Å². The standard InChI is InChI=1S/C33H36Cl2N4O4/c1-4-13-33(19-36-27-26(38-42-28(27)20-11-12-20)25-23(34)9-6-10-24(25)35)16-14-32(2,15-17-33)31-37-29(39-43-31)21-7-5-8-22(18-21)30(40)41-3/h5-10,18,20,36H,4,11-17,19H2,1-3H3. The number of anilines is 1. The monoisotopic (exact) mass is 622 g/mol. The molecule has 2 aromatic carbocycles. The fourth-order valence-corrected chi connectivity index (χ4v) is 6.93. The van der Waals surface area contributed by atoms with Crippen LogP contribution in [0.2, 0.25) is 10.0 Å². The number of carbonyl (C=O) groups excluding carboxylic acids is 1. The molecule has 8 nitrogen and oxygen atoms in total. The number of hydrogen-bond acceptors (Lipinski definition) is 8. The molecule has 2 fully saturated rings. The van der Waals surface area contributed by atoms with Crippen molar-refractivity contribution in [3.05, 3.63) is 69.7 Å². The Morgan fingerprint density at radius 3 is 2.44 bits per heavy atom. The third-order valence-corrected chi connectivity index (χ3v) is 9.82. The van der Waals surface area contributed by atoms with E-state index in [2.05, 4.69) is 29.5 Å². The predicted molar refractivity (Wildman–Crippen MR) is 167 cm³/mol. The molecule has 0 aliphatic heterocycles. The van der Waals surface area contributed by atoms with E-state index < -0.39 is 5.97 Å². The minimum Gasteiger partial charge on any atom is -0.465 e. The number of aromatic nitrogens is 3. The summed E-state index contributed by atoms with van der Waals surface area (Å²) in [5, 5.41) is 13.6. The molecule has 2 aliphatic rings. The van der Waals surface area contributed by atoms with E-state index in [-0.39, 0.29) is 10.8 Å². The van der Waals surface area contributed by atoms with Gasteiger partial charge in [0.2, 0.25) is 11.7 Å². The molecule has 0 bridgehead atoms. The topological polar surface area (TPSA) is 103 Å². The molecule has 6 rings (SSSR count). The van der Waals surface area contributed by atoms with E-state index in [0.29, 0.717) is 44.5 Å². The van der Waals surface area contributed by atoms with Gasteiger partial charge in [-0.25, -0.2) is 4.79 Å². The smallest absolute Gasteiger partial charge is 0.337 e. The number of rotatable bonds is 10. The molecule has 2 heterocycles. The van der Waals surface area contributed by atoms with Crippen molar-refractivity contribution < 1.29 is 18.6 Å². The first-order chi connectivity index (χ1) is 20.8. The zero-order valence-electron chi connectivity index (χ0n) is 24.7. The van der Waals surface area contributed by atoms with Gasteiger partial charge in [-0.3, -0.25) is 0 Å². The van der Waals surface area contributed by atoms with Gasteiger partial charge in [0.1, 0.15) is 11.4 Å². The second kappa shape index (κ2) is 12.0. The number of benzene rings is 2. The highest BCUT2D eigenvalue weighted by molar-refractivity contribution is 6.39. The summed E-state index contributed by atoms with van der Waals surface area (Å²) in [6, 6.07) is 12.6. The Labute approximate surface area is 261 Å². The first-order valence-corrected chi connectivity index (χ1v) is 15.7. The molecule has 10 heteroatoms. The van der Waals surface area contributed by atoms with Crippen molar-refractivity contribution in [2.75, 3.05) is 19.0 Å². The lowest BCUT2D eigenvalue weighted by Gasteiger charge is -2.44. The number of ether oxygens (including phenoxy) is 1. The van der Waals surface area contributed by atoms with Crippen molar-refractivity contribution in [3.63, 3.8) is 0 Å². The zero-order chi connectivity index (χ0) is 30.2. The van der Waals surface area contributed by atoms with Gasteiger partial charge in [0.25, 0.3) is 0 Å². The SMILES string of the molecule is CCCC1(CNc2c(-c3c(Cl)cccc3Cl)noc2C2CC2)CCC(C)(c2nc(-c3cccc(C(=O)OC)c3)no2)CC1. The molecule has 0 saturated heterocycles. The van der Waals surface area contributed by atoms with E-state index in [1.807, 2.05) is 24.3 Å². The van der Waals surface area contributed by atoms with Crippen LogP contribution in [0.4, 0.5) is 5.69 Å². The Kier molecular flexibility index (Phi) is 8.26. The molecule has 4 aromatic rings. The summed E-state index contributed by atoms with van der Waals surface area (Å²) in [5.74, 6) is 1.98. The third kappa shape index (κ3) is 5.92. The molecular formula is C33H36Cl2N4O4. The van der Waals surface area contributed by atoms with Gasteiger partial charge in [0.05, 0.1) is 22.7 Å². The molecule has 0 unspecified atom stereocenters. The third-order valence-electron chi connectivity index (χ3n) is 9.19. The molecule has 0 atom stereocenters. The van der Waals surface area contributed by atoms with Gasteiger partial charge >= 0.3 is 5.97 Å². The second-order valence-electron chi connectivity index (χ2n) is 12.3. The van der Waals surface area contributed by atoms with Gasteiger partial charge in [0.15, 0.2) is 5.76 Å². The molecule has 226 valence electrons. The average Bonchev–Trinajstić information content (AvgIpc) is 3.57. The summed E-state index contributed by atoms with van der Waals surface area (Å²) in [4.78, 5) is 16.8. The Balaban J connectivity index is 1.20. The van der Waals surface area contributed by atoms with E-state index >= 15 is 0 Å². The fraction of sp³-hybridized carbons (Fsp3) is 0.455. The lowest BCUT2D eigenvalue weighted by Crippen LogP contribution is -2.39. The van der Waals surface area contributed by atoms with Crippen LogP contribution in [0.1, 0.15) is 93.1 Å². The van der Waals surface area contributed by atoms with E-state index in [1.165, 1.54) is 7.11 Å². The summed E-state index contributed by atoms with van der Waals surface area (Å²) in [6.07, 6.45) is 8.22. The summed E-state index contributed by atoms with van der Waals surface area (Å²) in [7, 11) is 1.37. The summed E-state index contributed by atoms with van der Waals surface area (Å²) in [5.41, 5.74) is 3.31. The number of esters is 1. The van der Waals surface area contributed by atoms with E-state index in [1.54, 1.807) is 18.2 Å². The maximum absolute atomic E-state index is 12.0. The molecule has 0 radical (unpaired) electrons. The number of methoxy groups -OCH3 is 1. The van der Waals surface area contributed by atoms with Gasteiger partial charge in [-0.1, -0.05) is 72.0 Å². The summed E-state index contributed by atoms with van der Waals surface area (Å²) < 4.78 is 16.6. The van der Waals surface area contributed by atoms with Crippen LogP contribution in [0.15, 0.2) is 51.5 Å². The van der Waals surface area contributed by atoms with Crippen LogP contribution in [0.5, 0.6) is 0 Å². The van der Waals surface area contributed by atoms with Crippen molar-refractivity contribution >= 4 is 34.9 Å². The highest BCUT2D eigenvalue weighted by Crippen LogP contribution is 2.51. The molecular weight excluding hydrogens is 587 g/mol. The largest absolute Gasteiger partial charge is 0.465 e. The average molecular weight is 624 g/mol. The zero-order valence-corrected chi connectivity index (χ0v) is 26.2. The molecule has 43 heavy (non-hydrogen) atoms. The van der Waals surface area contributed by atoms with E-state index in [4.69, 9.17) is 42.0 Å². The number of nitrogens with zero attached hydrogens (tertiary/aromatic N) is 3. The molecule has 0 spiro atoms. The maximum atomic E-state index is 12.0. The minimum absolute atomic E-state index is 0.0889. The van der Waals surface area contributed by atoms with Crippen LogP contribution >= 0.6 is 23.2 Å². The Hall–Kier alpha value is -3.36. The minimum atomic E-state index is -0.400. The first-order valence-electron chi connectivity index (χ1n) is 15.0. The van der Waals surface area contributed by atoms with Gasteiger partial charge in [0, 0.05) is 29.0 Å². The van der Waals surface area contributed by atoms with Crippen LogP contribution in [-0.2, 0) is 10.2 Å². The Bertz CT molecular complexity index is 1600. The second-order valence-corrected chi connectivity index (χ2v) is 13.1. The number of carbonyl (C=O) groups is 1. The maximum Gasteiger partial charge on any atom is 0.337 e. The quantitative estimate of drug-likeness (QED) is 0.175. The van der Waals surface area contributed by atoms with Crippen LogP contribution in [0.25, 0.3) is 22.6 Å². The Morgan fingerprint density at radius 2 is 1.77 bits per heavy atom. The number of halogens is 2. The van der Waals surface area contributed by atoms with Crippen molar-refractivity contribution in [2.24, 2.45) is 5.41 Å². The van der Waals surface area contributed by atoms with Crippen molar-refractivity contribution in [2.45, 2.75) is 76.5 Å². The molecule has 2 aliphatic carbocycles. The van der Waals surface area contributed by atoms with Gasteiger partial charge < -0.3 is 19.1 Å². The summed E-state index contributed by atoms with van der Waals surface area (Å²) in [6.45, 7) is 5.25. The highest BCUT2D eigenvalue weighted by atomic mass is 35.5. The van der Waals surface area contributed by atoms with E-state index in [0.717, 1.165) is 74.9 Å². The number of nitrogens with one attached hydrogen (secondary N) is 1. The first kappa shape index (κ1) is 29.7. The fourth-order valence-electron chi connectivity index (χ4n) is 6.35. The van der Waals surface area contributed by atoms with Gasteiger partial charge in [-0.15, -0.1) is 0 Å². The molecule has 2 saturated carbocycles. The van der Waals surface area contributed by atoms with Crippen LogP contribution in [0.3, 0.4) is 0 Å². The molecule has 2 aromatic heterocycles. The normalized spacial score (nSPS) is 22.0. The van der Waals surface area contributed by atoms with Crippen LogP contribution in [-0.4, -0.2) is 34.9 Å². The Morgan fingerprint density at radius 1 is 1.05 bits per heavy atom. The summed E-state index contributed by atoms with van der Waals surface area (Å²) >= 11 is 13.2. The lowest BCUT2D eigenvalue weighted by atomic mass is 9.62. The van der Waals surface area contributed by atoms with Crippen molar-refractivity contribution in [1.82, 2.24) is 15.3 Å². The molecule has 0 amide bonds. The predicted octanol–water partition coefficient (Wildman–Crippen LogP) is 9.09. The van der Waals surface area contributed by atoms with Crippen LogP contribution < -0.4 is 5.32 Å². The highest BCUT2D eigenvalue weighted by Gasteiger charge is 2.44.